The van der Waals surface area contributed by atoms with Crippen molar-refractivity contribution in [2.24, 2.45) is 0 Å². The number of rotatable bonds is 8. The van der Waals surface area contributed by atoms with Gasteiger partial charge in [-0.25, -0.2) is 0 Å². The predicted octanol–water partition coefficient (Wildman–Crippen LogP) is 3.00. The summed E-state index contributed by atoms with van der Waals surface area (Å²) in [6.45, 7) is 3.91. The maximum Gasteiger partial charge on any atom is 0.260 e. The number of methoxy groups -OCH3 is 1. The van der Waals surface area contributed by atoms with Crippen LogP contribution in [0.1, 0.15) is 12.5 Å². The Labute approximate surface area is 187 Å². The zero-order valence-corrected chi connectivity index (χ0v) is 18.5. The predicted molar refractivity (Wildman–Crippen MR) is 117 cm³/mol. The number of hydrogen-bond donors (Lipinski definition) is 0. The lowest BCUT2D eigenvalue weighted by molar-refractivity contribution is -0.148. The van der Waals surface area contributed by atoms with Crippen LogP contribution in [-0.4, -0.2) is 67.6 Å². The van der Waals surface area contributed by atoms with Crippen molar-refractivity contribution in [3.63, 3.8) is 0 Å². The summed E-state index contributed by atoms with van der Waals surface area (Å²) in [4.78, 5) is 28.5. The second-order valence-corrected chi connectivity index (χ2v) is 7.69. The van der Waals surface area contributed by atoms with Crippen LogP contribution < -0.4 is 9.47 Å². The average molecular weight is 447 g/mol. The maximum atomic E-state index is 12.7. The van der Waals surface area contributed by atoms with E-state index in [0.29, 0.717) is 43.6 Å². The Morgan fingerprint density at radius 3 is 2.35 bits per heavy atom. The van der Waals surface area contributed by atoms with E-state index in [4.69, 9.17) is 25.8 Å². The van der Waals surface area contributed by atoms with Gasteiger partial charge in [0.05, 0.1) is 13.7 Å². The van der Waals surface area contributed by atoms with E-state index in [1.54, 1.807) is 48.1 Å². The van der Waals surface area contributed by atoms with Crippen LogP contribution in [0, 0.1) is 0 Å². The van der Waals surface area contributed by atoms with Crippen LogP contribution in [0.5, 0.6) is 11.5 Å². The van der Waals surface area contributed by atoms with E-state index in [9.17, 15) is 9.59 Å². The molecule has 3 rings (SSSR count). The van der Waals surface area contributed by atoms with Gasteiger partial charge in [-0.2, -0.15) is 0 Å². The van der Waals surface area contributed by atoms with Crippen LogP contribution in [0.2, 0.25) is 5.02 Å². The molecule has 1 heterocycles. The normalized spacial score (nSPS) is 14.8. The monoisotopic (exact) mass is 446 g/mol. The molecule has 2 aromatic rings. The largest absolute Gasteiger partial charge is 0.497 e. The van der Waals surface area contributed by atoms with Crippen molar-refractivity contribution < 1.29 is 23.8 Å². The lowest BCUT2D eigenvalue weighted by Crippen LogP contribution is -2.53. The average Bonchev–Trinajstić information content (AvgIpc) is 2.81. The number of amides is 2. The van der Waals surface area contributed by atoms with Crippen molar-refractivity contribution in [3.8, 4) is 11.5 Å². The van der Waals surface area contributed by atoms with E-state index in [0.717, 1.165) is 11.3 Å². The summed E-state index contributed by atoms with van der Waals surface area (Å²) in [7, 11) is 1.61. The molecule has 2 aromatic carbocycles. The Morgan fingerprint density at radius 1 is 1.00 bits per heavy atom. The van der Waals surface area contributed by atoms with Crippen LogP contribution in [0.3, 0.4) is 0 Å². The molecule has 1 unspecified atom stereocenters. The third-order valence-electron chi connectivity index (χ3n) is 5.10. The number of carbonyl (C=O) groups is 2. The van der Waals surface area contributed by atoms with Gasteiger partial charge in [-0.15, -0.1) is 0 Å². The molecule has 1 aliphatic rings. The van der Waals surface area contributed by atoms with Gasteiger partial charge in [0, 0.05) is 31.2 Å². The highest BCUT2D eigenvalue weighted by atomic mass is 35.5. The third-order valence-corrected chi connectivity index (χ3v) is 5.35. The number of piperazine rings is 1. The molecule has 1 saturated heterocycles. The Balaban J connectivity index is 1.41. The molecule has 0 aromatic heterocycles. The standard InChI is InChI=1S/C23H27ClN2O5/c1-17(30-15-18-4-3-5-21(14-18)29-2)23(28)26-12-10-25(11-13-26)22(27)16-31-20-8-6-19(24)7-9-20/h3-9,14,17H,10-13,15-16H2,1-2H3. The smallest absolute Gasteiger partial charge is 0.260 e. The Kier molecular flexibility index (Phi) is 8.14. The highest BCUT2D eigenvalue weighted by Crippen LogP contribution is 2.16. The molecule has 0 N–H and O–H groups in total. The summed E-state index contributed by atoms with van der Waals surface area (Å²) in [6, 6.07) is 14.4. The summed E-state index contributed by atoms with van der Waals surface area (Å²) in [6.07, 6.45) is -0.568. The third kappa shape index (κ3) is 6.60. The van der Waals surface area contributed by atoms with Crippen LogP contribution in [0.4, 0.5) is 0 Å². The first kappa shape index (κ1) is 22.9. The van der Waals surface area contributed by atoms with Crippen LogP contribution in [0.15, 0.2) is 48.5 Å². The number of halogens is 1. The van der Waals surface area contributed by atoms with Crippen LogP contribution in [-0.2, 0) is 20.9 Å². The minimum absolute atomic E-state index is 0.0460. The van der Waals surface area contributed by atoms with E-state index in [2.05, 4.69) is 0 Å². The fraction of sp³-hybridized carbons (Fsp3) is 0.391. The van der Waals surface area contributed by atoms with E-state index < -0.39 is 6.10 Å². The summed E-state index contributed by atoms with van der Waals surface area (Å²) in [5.41, 5.74) is 0.940. The molecule has 0 aliphatic carbocycles. The van der Waals surface area contributed by atoms with Crippen molar-refractivity contribution >= 4 is 23.4 Å². The minimum atomic E-state index is -0.568. The SMILES string of the molecule is COc1cccc(COC(C)C(=O)N2CCN(C(=O)COc3ccc(Cl)cc3)CC2)c1. The maximum absolute atomic E-state index is 12.7. The first-order chi connectivity index (χ1) is 15.0. The number of ether oxygens (including phenoxy) is 3. The molecule has 0 radical (unpaired) electrons. The zero-order chi connectivity index (χ0) is 22.2. The molecule has 1 atom stereocenters. The van der Waals surface area contributed by atoms with Gasteiger partial charge in [0.2, 0.25) is 0 Å². The molecule has 0 saturated carbocycles. The summed E-state index contributed by atoms with van der Waals surface area (Å²) < 4.78 is 16.5. The topological polar surface area (TPSA) is 68.3 Å². The van der Waals surface area contributed by atoms with E-state index in [1.807, 2.05) is 24.3 Å². The highest BCUT2D eigenvalue weighted by molar-refractivity contribution is 6.30. The van der Waals surface area contributed by atoms with Gasteiger partial charge in [0.1, 0.15) is 17.6 Å². The quantitative estimate of drug-likeness (QED) is 0.623. The van der Waals surface area contributed by atoms with Crippen LogP contribution >= 0.6 is 11.6 Å². The minimum Gasteiger partial charge on any atom is -0.497 e. The van der Waals surface area contributed by atoms with Crippen molar-refractivity contribution in [1.82, 2.24) is 9.80 Å². The molecule has 166 valence electrons. The molecular weight excluding hydrogens is 420 g/mol. The molecule has 8 heteroatoms. The van der Waals surface area contributed by atoms with Gasteiger partial charge < -0.3 is 24.0 Å². The van der Waals surface area contributed by atoms with Gasteiger partial charge in [-0.1, -0.05) is 23.7 Å². The Bertz CT molecular complexity index is 882. The second-order valence-electron chi connectivity index (χ2n) is 7.25. The molecular formula is C23H27ClN2O5. The highest BCUT2D eigenvalue weighted by Gasteiger charge is 2.27. The van der Waals surface area contributed by atoms with Gasteiger partial charge >= 0.3 is 0 Å². The first-order valence-electron chi connectivity index (χ1n) is 10.2. The van der Waals surface area contributed by atoms with Crippen molar-refractivity contribution in [1.29, 1.82) is 0 Å². The number of hydrogen-bond acceptors (Lipinski definition) is 5. The molecule has 1 aliphatic heterocycles. The molecule has 2 amide bonds. The van der Waals surface area contributed by atoms with Gasteiger partial charge in [0.15, 0.2) is 6.61 Å². The van der Waals surface area contributed by atoms with Crippen molar-refractivity contribution in [2.45, 2.75) is 19.6 Å². The molecule has 7 nitrogen and oxygen atoms in total. The lowest BCUT2D eigenvalue weighted by Gasteiger charge is -2.35. The van der Waals surface area contributed by atoms with E-state index in [1.165, 1.54) is 0 Å². The first-order valence-corrected chi connectivity index (χ1v) is 10.5. The number of nitrogens with zero attached hydrogens (tertiary/aromatic N) is 2. The molecule has 1 fully saturated rings. The summed E-state index contributed by atoms with van der Waals surface area (Å²) >= 11 is 5.84. The number of carbonyl (C=O) groups excluding carboxylic acids is 2. The Hall–Kier alpha value is -2.77. The lowest BCUT2D eigenvalue weighted by atomic mass is 10.2. The van der Waals surface area contributed by atoms with Gasteiger partial charge in [-0.05, 0) is 48.9 Å². The van der Waals surface area contributed by atoms with Crippen molar-refractivity contribution in [2.75, 3.05) is 39.9 Å². The summed E-state index contributed by atoms with van der Waals surface area (Å²) in [5.74, 6) is 1.16. The zero-order valence-electron chi connectivity index (χ0n) is 17.8. The van der Waals surface area contributed by atoms with E-state index in [-0.39, 0.29) is 18.4 Å². The number of benzene rings is 2. The molecule has 0 bridgehead atoms. The molecule has 0 spiro atoms. The van der Waals surface area contributed by atoms with Crippen molar-refractivity contribution in [3.05, 3.63) is 59.1 Å². The van der Waals surface area contributed by atoms with Gasteiger partial charge in [-0.3, -0.25) is 9.59 Å². The summed E-state index contributed by atoms with van der Waals surface area (Å²) in [5, 5.41) is 0.612. The fourth-order valence-corrected chi connectivity index (χ4v) is 3.38. The molecule has 31 heavy (non-hydrogen) atoms. The van der Waals surface area contributed by atoms with Gasteiger partial charge in [0.25, 0.3) is 11.8 Å². The fourth-order valence-electron chi connectivity index (χ4n) is 3.26. The van der Waals surface area contributed by atoms with Crippen LogP contribution in [0.25, 0.3) is 0 Å². The Morgan fingerprint density at radius 2 is 1.68 bits per heavy atom. The van der Waals surface area contributed by atoms with E-state index >= 15 is 0 Å². The second kappa shape index (κ2) is 11.0.